The maximum absolute atomic E-state index is 12.9. The van der Waals surface area contributed by atoms with Crippen LogP contribution >= 0.6 is 0 Å². The normalized spacial score (nSPS) is 18.2. The first-order valence-corrected chi connectivity index (χ1v) is 7.93. The van der Waals surface area contributed by atoms with Crippen molar-refractivity contribution in [1.82, 2.24) is 24.6 Å². The molecule has 1 atom stereocenters. The van der Waals surface area contributed by atoms with Gasteiger partial charge in [-0.2, -0.15) is 5.10 Å². The zero-order valence-corrected chi connectivity index (χ0v) is 13.5. The third-order valence-electron chi connectivity index (χ3n) is 4.09. The Morgan fingerprint density at radius 2 is 2.12 bits per heavy atom. The highest BCUT2D eigenvalue weighted by Gasteiger charge is 2.19. The Balaban J connectivity index is 1.73. The van der Waals surface area contributed by atoms with E-state index >= 15 is 0 Å². The van der Waals surface area contributed by atoms with E-state index in [9.17, 15) is 8.78 Å². The van der Waals surface area contributed by atoms with Crippen molar-refractivity contribution in [3.63, 3.8) is 0 Å². The van der Waals surface area contributed by atoms with Crippen LogP contribution in [0.2, 0.25) is 0 Å². The molecule has 4 heterocycles. The van der Waals surface area contributed by atoms with Gasteiger partial charge in [0.15, 0.2) is 5.65 Å². The average molecular weight is 346 g/mol. The van der Waals surface area contributed by atoms with E-state index in [1.807, 2.05) is 13.0 Å². The number of nitrogens with zero attached hydrogens (tertiary/aromatic N) is 6. The summed E-state index contributed by atoms with van der Waals surface area (Å²) < 4.78 is 32.8. The minimum absolute atomic E-state index is 0.123. The lowest BCUT2D eigenvalue weighted by molar-refractivity contribution is 0.0529. The van der Waals surface area contributed by atoms with Gasteiger partial charge in [-0.1, -0.05) is 0 Å². The molecule has 0 aliphatic carbocycles. The van der Waals surface area contributed by atoms with Crippen LogP contribution in [0.1, 0.15) is 19.0 Å². The number of morpholine rings is 1. The fourth-order valence-electron chi connectivity index (χ4n) is 2.87. The van der Waals surface area contributed by atoms with Crippen LogP contribution in [0.5, 0.6) is 0 Å². The van der Waals surface area contributed by atoms with Crippen molar-refractivity contribution in [2.45, 2.75) is 19.5 Å². The average Bonchev–Trinajstić information content (AvgIpc) is 3.05. The Kier molecular flexibility index (Phi) is 4.00. The maximum atomic E-state index is 12.9. The van der Waals surface area contributed by atoms with E-state index < -0.39 is 6.43 Å². The highest BCUT2D eigenvalue weighted by molar-refractivity contribution is 5.62. The first-order chi connectivity index (χ1) is 12.1. The lowest BCUT2D eigenvalue weighted by Crippen LogP contribution is -2.41. The van der Waals surface area contributed by atoms with Crippen LogP contribution in [-0.2, 0) is 4.74 Å². The van der Waals surface area contributed by atoms with E-state index in [0.29, 0.717) is 23.6 Å². The first kappa shape index (κ1) is 15.8. The fourth-order valence-corrected chi connectivity index (χ4v) is 2.87. The molecule has 0 saturated carbocycles. The second-order valence-electron chi connectivity index (χ2n) is 5.86. The highest BCUT2D eigenvalue weighted by Crippen LogP contribution is 2.24. The van der Waals surface area contributed by atoms with E-state index in [1.54, 1.807) is 6.20 Å². The number of fused-ring (bicyclic) bond motifs is 1. The lowest BCUT2D eigenvalue weighted by atomic mass is 10.2. The summed E-state index contributed by atoms with van der Waals surface area (Å²) in [7, 11) is 0. The quantitative estimate of drug-likeness (QED) is 0.725. The summed E-state index contributed by atoms with van der Waals surface area (Å²) >= 11 is 0. The molecule has 3 aromatic rings. The Morgan fingerprint density at radius 1 is 1.24 bits per heavy atom. The summed E-state index contributed by atoms with van der Waals surface area (Å²) in [5, 5.41) is 3.98. The summed E-state index contributed by atoms with van der Waals surface area (Å²) in [5.41, 5.74) is 1.31. The molecule has 0 N–H and O–H groups in total. The number of halogens is 2. The van der Waals surface area contributed by atoms with Crippen LogP contribution < -0.4 is 4.90 Å². The highest BCUT2D eigenvalue weighted by atomic mass is 19.3. The summed E-state index contributed by atoms with van der Waals surface area (Å²) in [6, 6.07) is 4.61. The molecule has 0 radical (unpaired) electrons. The monoisotopic (exact) mass is 346 g/mol. The van der Waals surface area contributed by atoms with Crippen molar-refractivity contribution in [3.8, 4) is 11.4 Å². The van der Waals surface area contributed by atoms with Crippen molar-refractivity contribution in [1.29, 1.82) is 0 Å². The summed E-state index contributed by atoms with van der Waals surface area (Å²) in [4.78, 5) is 14.9. The molecule has 1 aliphatic heterocycles. The number of imidazole rings is 1. The van der Waals surface area contributed by atoms with E-state index in [2.05, 4.69) is 25.0 Å². The molecule has 1 saturated heterocycles. The fraction of sp³-hybridized carbons (Fsp3) is 0.375. The van der Waals surface area contributed by atoms with Crippen LogP contribution in [0.3, 0.4) is 0 Å². The number of anilines is 1. The number of hydrogen-bond acceptors (Lipinski definition) is 6. The van der Waals surface area contributed by atoms with E-state index in [-0.39, 0.29) is 11.8 Å². The van der Waals surface area contributed by atoms with Gasteiger partial charge in [-0.15, -0.1) is 0 Å². The number of ether oxygens (including phenoxy) is 1. The van der Waals surface area contributed by atoms with Crippen LogP contribution in [0.25, 0.3) is 17.0 Å². The van der Waals surface area contributed by atoms with Crippen molar-refractivity contribution in [2.75, 3.05) is 24.6 Å². The molecule has 1 fully saturated rings. The van der Waals surface area contributed by atoms with E-state index in [0.717, 1.165) is 18.9 Å². The third-order valence-corrected chi connectivity index (χ3v) is 4.09. The molecule has 130 valence electrons. The topological polar surface area (TPSA) is 68.4 Å². The van der Waals surface area contributed by atoms with Gasteiger partial charge in [-0.3, -0.25) is 0 Å². The predicted octanol–water partition coefficient (Wildman–Crippen LogP) is 2.35. The predicted molar refractivity (Wildman–Crippen MR) is 86.6 cm³/mol. The molecular weight excluding hydrogens is 330 g/mol. The van der Waals surface area contributed by atoms with Crippen LogP contribution in [-0.4, -0.2) is 50.4 Å². The Morgan fingerprint density at radius 3 is 2.92 bits per heavy atom. The van der Waals surface area contributed by atoms with Crippen molar-refractivity contribution in [3.05, 3.63) is 36.4 Å². The Hall–Kier alpha value is -2.68. The SMILES string of the molecule is C[C@@H]1CN(c2cc(-c3cnc4ccc(C(F)F)nn34)ncn2)CCO1. The van der Waals surface area contributed by atoms with Gasteiger partial charge in [0.25, 0.3) is 6.43 Å². The van der Waals surface area contributed by atoms with Crippen LogP contribution in [0.15, 0.2) is 30.7 Å². The molecule has 0 amide bonds. The molecule has 7 nitrogen and oxygen atoms in total. The first-order valence-electron chi connectivity index (χ1n) is 7.93. The molecule has 4 rings (SSSR count). The van der Waals surface area contributed by atoms with Gasteiger partial charge in [0.05, 0.1) is 24.6 Å². The minimum atomic E-state index is -2.64. The van der Waals surface area contributed by atoms with Crippen molar-refractivity contribution in [2.24, 2.45) is 0 Å². The Labute approximate surface area is 142 Å². The second kappa shape index (κ2) is 6.32. The zero-order valence-electron chi connectivity index (χ0n) is 13.5. The van der Waals surface area contributed by atoms with Crippen LogP contribution in [0, 0.1) is 0 Å². The molecular formula is C16H16F2N6O. The molecule has 3 aromatic heterocycles. The molecule has 25 heavy (non-hydrogen) atoms. The van der Waals surface area contributed by atoms with Gasteiger partial charge in [0.1, 0.15) is 23.5 Å². The Bertz CT molecular complexity index is 899. The van der Waals surface area contributed by atoms with E-state index in [4.69, 9.17) is 4.74 Å². The molecule has 1 aliphatic rings. The van der Waals surface area contributed by atoms with Gasteiger partial charge >= 0.3 is 0 Å². The smallest absolute Gasteiger partial charge is 0.282 e. The zero-order chi connectivity index (χ0) is 17.4. The van der Waals surface area contributed by atoms with Gasteiger partial charge in [0, 0.05) is 19.2 Å². The van der Waals surface area contributed by atoms with Gasteiger partial charge in [0.2, 0.25) is 0 Å². The molecule has 0 unspecified atom stereocenters. The van der Waals surface area contributed by atoms with Crippen molar-refractivity contribution >= 4 is 11.5 Å². The van der Waals surface area contributed by atoms with Gasteiger partial charge in [-0.05, 0) is 19.1 Å². The standard InChI is InChI=1S/C16H16F2N6O/c1-10-8-23(4-5-25-10)15-6-12(20-9-21-15)13-7-19-14-3-2-11(16(17)18)22-24(13)14/h2-3,6-7,9-10,16H,4-5,8H2,1H3/t10-/m1/s1. The van der Waals surface area contributed by atoms with Gasteiger partial charge < -0.3 is 9.64 Å². The summed E-state index contributed by atoms with van der Waals surface area (Å²) in [6.07, 6.45) is 0.515. The molecule has 0 bridgehead atoms. The molecule has 0 spiro atoms. The summed E-state index contributed by atoms with van der Waals surface area (Å²) in [5.74, 6) is 0.764. The maximum Gasteiger partial charge on any atom is 0.282 e. The molecule has 9 heteroatoms. The number of rotatable bonds is 3. The van der Waals surface area contributed by atoms with Crippen molar-refractivity contribution < 1.29 is 13.5 Å². The molecule has 0 aromatic carbocycles. The van der Waals surface area contributed by atoms with Crippen LogP contribution in [0.4, 0.5) is 14.6 Å². The third kappa shape index (κ3) is 3.02. The largest absolute Gasteiger partial charge is 0.375 e. The lowest BCUT2D eigenvalue weighted by Gasteiger charge is -2.32. The number of hydrogen-bond donors (Lipinski definition) is 0. The number of alkyl halides is 2. The van der Waals surface area contributed by atoms with Gasteiger partial charge in [-0.25, -0.2) is 28.2 Å². The summed E-state index contributed by atoms with van der Waals surface area (Å²) in [6.45, 7) is 4.11. The second-order valence-corrected chi connectivity index (χ2v) is 5.86. The number of aromatic nitrogens is 5. The van der Waals surface area contributed by atoms with E-state index in [1.165, 1.54) is 23.0 Å². The minimum Gasteiger partial charge on any atom is -0.375 e.